The lowest BCUT2D eigenvalue weighted by Gasteiger charge is -2.19. The fourth-order valence-electron chi connectivity index (χ4n) is 1.54. The predicted octanol–water partition coefficient (Wildman–Crippen LogP) is 0.470. The molecule has 0 spiro atoms. The third-order valence-electron chi connectivity index (χ3n) is 2.52. The summed E-state index contributed by atoms with van der Waals surface area (Å²) in [5, 5.41) is -0.0155. The van der Waals surface area contributed by atoms with E-state index in [0.717, 1.165) is 4.31 Å². The van der Waals surface area contributed by atoms with E-state index in [0.29, 0.717) is 5.56 Å². The van der Waals surface area contributed by atoms with Crippen molar-refractivity contribution in [2.24, 2.45) is 11.5 Å². The van der Waals surface area contributed by atoms with Gasteiger partial charge in [-0.25, -0.2) is 8.42 Å². The molecule has 0 bridgehead atoms. The minimum atomic E-state index is -3.90. The van der Waals surface area contributed by atoms with Crippen LogP contribution in [0.5, 0.6) is 0 Å². The Morgan fingerprint density at radius 1 is 1.40 bits per heavy atom. The minimum Gasteiger partial charge on any atom is -0.389 e. The summed E-state index contributed by atoms with van der Waals surface area (Å²) in [5.41, 5.74) is 10.9. The first-order valence-electron chi connectivity index (χ1n) is 5.58. The van der Waals surface area contributed by atoms with Gasteiger partial charge >= 0.3 is 0 Å². The van der Waals surface area contributed by atoms with Crippen molar-refractivity contribution in [3.8, 4) is 0 Å². The summed E-state index contributed by atoms with van der Waals surface area (Å²) in [4.78, 5) is 10.9. The van der Waals surface area contributed by atoms with Crippen LogP contribution < -0.4 is 11.5 Å². The number of likely N-dealkylation sites (N-methyl/N-ethyl adjacent to an activating group) is 1. The van der Waals surface area contributed by atoms with Crippen molar-refractivity contribution in [3.63, 3.8) is 0 Å². The van der Waals surface area contributed by atoms with Gasteiger partial charge in [-0.15, -0.1) is 0 Å². The molecule has 0 atom stereocenters. The Hall–Kier alpha value is -1.22. The molecule has 0 saturated heterocycles. The Morgan fingerprint density at radius 2 is 2.00 bits per heavy atom. The highest BCUT2D eigenvalue weighted by Gasteiger charge is 2.26. The van der Waals surface area contributed by atoms with E-state index in [2.05, 4.69) is 0 Å². The van der Waals surface area contributed by atoms with Crippen LogP contribution in [0.1, 0.15) is 12.5 Å². The first-order chi connectivity index (χ1) is 9.20. The Kier molecular flexibility index (Phi) is 5.46. The zero-order valence-electron chi connectivity index (χ0n) is 10.7. The second-order valence-electron chi connectivity index (χ2n) is 3.91. The van der Waals surface area contributed by atoms with Gasteiger partial charge in [0.25, 0.3) is 0 Å². The van der Waals surface area contributed by atoms with Gasteiger partial charge in [0.2, 0.25) is 15.9 Å². The van der Waals surface area contributed by atoms with Crippen LogP contribution in [0.3, 0.4) is 0 Å². The predicted molar refractivity (Wildman–Crippen MR) is 81.0 cm³/mol. The fourth-order valence-corrected chi connectivity index (χ4v) is 3.60. The van der Waals surface area contributed by atoms with E-state index in [1.165, 1.54) is 18.2 Å². The smallest absolute Gasteiger partial charge is 0.245 e. The van der Waals surface area contributed by atoms with E-state index < -0.39 is 22.5 Å². The number of sulfonamides is 1. The molecule has 6 nitrogen and oxygen atoms in total. The van der Waals surface area contributed by atoms with Crippen molar-refractivity contribution >= 4 is 44.7 Å². The lowest BCUT2D eigenvalue weighted by molar-refractivity contribution is -0.118. The SMILES string of the molecule is CCN(CC(N)=O)S(=O)(=O)c1ccc(C(N)=S)cc1Cl. The van der Waals surface area contributed by atoms with Gasteiger partial charge in [-0.2, -0.15) is 4.31 Å². The number of hydrogen-bond donors (Lipinski definition) is 2. The van der Waals surface area contributed by atoms with Crippen LogP contribution in [-0.2, 0) is 14.8 Å². The highest BCUT2D eigenvalue weighted by atomic mass is 35.5. The van der Waals surface area contributed by atoms with Gasteiger partial charge in [-0.3, -0.25) is 4.79 Å². The van der Waals surface area contributed by atoms with E-state index >= 15 is 0 Å². The molecule has 20 heavy (non-hydrogen) atoms. The summed E-state index contributed by atoms with van der Waals surface area (Å²) < 4.78 is 25.7. The number of carbonyl (C=O) groups is 1. The number of hydrogen-bond acceptors (Lipinski definition) is 4. The summed E-state index contributed by atoms with van der Waals surface area (Å²) in [6.45, 7) is 1.28. The second kappa shape index (κ2) is 6.49. The number of amides is 1. The first-order valence-corrected chi connectivity index (χ1v) is 7.80. The molecule has 110 valence electrons. The molecule has 0 unspecified atom stereocenters. The van der Waals surface area contributed by atoms with Crippen molar-refractivity contribution < 1.29 is 13.2 Å². The lowest BCUT2D eigenvalue weighted by Crippen LogP contribution is -2.38. The summed E-state index contributed by atoms with van der Waals surface area (Å²) >= 11 is 10.7. The Balaban J connectivity index is 3.27. The van der Waals surface area contributed by atoms with Gasteiger partial charge in [-0.1, -0.05) is 36.8 Å². The van der Waals surface area contributed by atoms with Gasteiger partial charge in [0, 0.05) is 12.1 Å². The van der Waals surface area contributed by atoms with Crippen molar-refractivity contribution in [1.82, 2.24) is 4.31 Å². The number of thiocarbonyl (C=S) groups is 1. The van der Waals surface area contributed by atoms with Gasteiger partial charge < -0.3 is 11.5 Å². The summed E-state index contributed by atoms with van der Waals surface area (Å²) in [6, 6.07) is 4.13. The van der Waals surface area contributed by atoms with E-state index in [9.17, 15) is 13.2 Å². The van der Waals surface area contributed by atoms with Gasteiger partial charge in [-0.05, 0) is 12.1 Å². The highest BCUT2D eigenvalue weighted by Crippen LogP contribution is 2.25. The average molecular weight is 336 g/mol. The first kappa shape index (κ1) is 16.8. The Morgan fingerprint density at radius 3 is 2.40 bits per heavy atom. The zero-order valence-corrected chi connectivity index (χ0v) is 13.1. The monoisotopic (exact) mass is 335 g/mol. The largest absolute Gasteiger partial charge is 0.389 e. The number of nitrogens with two attached hydrogens (primary N) is 2. The second-order valence-corrected chi connectivity index (χ2v) is 6.66. The van der Waals surface area contributed by atoms with Crippen molar-refractivity contribution in [1.29, 1.82) is 0 Å². The molecule has 0 aliphatic carbocycles. The molecule has 0 aliphatic rings. The van der Waals surface area contributed by atoms with Crippen molar-refractivity contribution in [2.45, 2.75) is 11.8 Å². The summed E-state index contributed by atoms with van der Waals surface area (Å²) in [5.74, 6) is -0.744. The molecule has 1 rings (SSSR count). The maximum Gasteiger partial charge on any atom is 0.245 e. The minimum absolute atomic E-state index is 0.0155. The van der Waals surface area contributed by atoms with E-state index in [-0.39, 0.29) is 21.5 Å². The van der Waals surface area contributed by atoms with Crippen LogP contribution >= 0.6 is 23.8 Å². The summed E-state index contributed by atoms with van der Waals surface area (Å²) in [7, 11) is -3.90. The summed E-state index contributed by atoms with van der Waals surface area (Å²) in [6.07, 6.45) is 0. The number of nitrogens with zero attached hydrogens (tertiary/aromatic N) is 1. The molecule has 9 heteroatoms. The van der Waals surface area contributed by atoms with Crippen molar-refractivity contribution in [2.75, 3.05) is 13.1 Å². The molecule has 0 radical (unpaired) electrons. The molecule has 0 fully saturated rings. The number of primary amides is 1. The Labute approximate surface area is 127 Å². The van der Waals surface area contributed by atoms with Crippen LogP contribution in [0, 0.1) is 0 Å². The van der Waals surface area contributed by atoms with Crippen LogP contribution in [0.2, 0.25) is 5.02 Å². The molecule has 4 N–H and O–H groups in total. The zero-order chi connectivity index (χ0) is 15.5. The average Bonchev–Trinajstić information content (AvgIpc) is 2.34. The highest BCUT2D eigenvalue weighted by molar-refractivity contribution is 7.89. The maximum atomic E-state index is 12.4. The fraction of sp³-hybridized carbons (Fsp3) is 0.273. The van der Waals surface area contributed by atoms with Gasteiger partial charge in [0.05, 0.1) is 11.6 Å². The molecule has 0 aliphatic heterocycles. The maximum absolute atomic E-state index is 12.4. The normalized spacial score (nSPS) is 11.6. The molecule has 0 aromatic heterocycles. The van der Waals surface area contributed by atoms with Gasteiger partial charge in [0.15, 0.2) is 0 Å². The molecular formula is C11H14ClN3O3S2. The molecule has 0 saturated carbocycles. The molecule has 1 amide bonds. The number of benzene rings is 1. The lowest BCUT2D eigenvalue weighted by atomic mass is 10.2. The molecule has 1 aromatic rings. The van der Waals surface area contributed by atoms with Crippen LogP contribution in [-0.4, -0.2) is 36.7 Å². The molecule has 1 aromatic carbocycles. The van der Waals surface area contributed by atoms with Crippen molar-refractivity contribution in [3.05, 3.63) is 28.8 Å². The third kappa shape index (κ3) is 3.66. The topological polar surface area (TPSA) is 106 Å². The number of halogens is 1. The third-order valence-corrected chi connectivity index (χ3v) is 5.16. The van der Waals surface area contributed by atoms with Crippen LogP contribution in [0.4, 0.5) is 0 Å². The number of carbonyl (C=O) groups excluding carboxylic acids is 1. The van der Waals surface area contributed by atoms with Crippen LogP contribution in [0.15, 0.2) is 23.1 Å². The van der Waals surface area contributed by atoms with E-state index in [4.69, 9.17) is 35.3 Å². The van der Waals surface area contributed by atoms with Gasteiger partial charge in [0.1, 0.15) is 9.88 Å². The van der Waals surface area contributed by atoms with Crippen LogP contribution in [0.25, 0.3) is 0 Å². The molecular weight excluding hydrogens is 322 g/mol. The Bertz CT molecular complexity index is 646. The molecule has 0 heterocycles. The standard InChI is InChI=1S/C11H14ClN3O3S2/c1-2-15(6-10(13)16)20(17,18)9-4-3-7(11(14)19)5-8(9)12/h3-5H,2,6H2,1H3,(H2,13,16)(H2,14,19). The van der Waals surface area contributed by atoms with E-state index in [1.807, 2.05) is 0 Å². The number of rotatable bonds is 6. The van der Waals surface area contributed by atoms with E-state index in [1.54, 1.807) is 6.92 Å². The quantitative estimate of drug-likeness (QED) is 0.735.